The van der Waals surface area contributed by atoms with Crippen LogP contribution in [0.1, 0.15) is 162 Å². The topological polar surface area (TPSA) is 305 Å². The number of likely N-dealkylation sites (N-methyl/N-ethyl adjacent to an activating group) is 7. The van der Waals surface area contributed by atoms with Crippen molar-refractivity contribution in [1.29, 1.82) is 0 Å². The van der Waals surface area contributed by atoms with Crippen LogP contribution in [0.4, 0.5) is 4.39 Å². The average Bonchev–Trinajstić information content (AvgIpc) is 1.04. The minimum absolute atomic E-state index is 0.0442. The SMILES string of the molecule is CC[C@@H]1NC(=O)[C@H]([C@H](O)[C@H](C)CCCC(=O)OCCF)N(C)C(=O)[C@H](C(C)C)N(C)C(=O)[C@@H](CC(C)C)N(C)C(=O)[C@H](CC(C)C)N(C)C(=O)[C@@H](C)NC(=O)[C@H](C)NC(=O)[C@@H](CC(C)C)N(C)C(=O)[C@H](C(C)C)NC(=O)[C@H](CC(C)C)N(C)C(=O)CN(C)C1=O. The molecule has 11 amide bonds. The zero-order chi connectivity index (χ0) is 69.7. The van der Waals surface area contributed by atoms with Gasteiger partial charge in [0, 0.05) is 55.8 Å². The van der Waals surface area contributed by atoms with Gasteiger partial charge in [0.2, 0.25) is 65.0 Å². The number of halogens is 1. The minimum atomic E-state index is -1.75. The number of hydrogen-bond acceptors (Lipinski definition) is 14. The molecule has 0 radical (unpaired) electrons. The molecule has 1 fully saturated rings. The first-order valence-corrected chi connectivity index (χ1v) is 32.1. The third-order valence-electron chi connectivity index (χ3n) is 16.7. The number of nitrogens with one attached hydrogen (secondary N) is 4. The lowest BCUT2D eigenvalue weighted by atomic mass is 9.90. The molecule has 26 heteroatoms. The van der Waals surface area contributed by atoms with Crippen molar-refractivity contribution in [2.45, 2.75) is 229 Å². The Morgan fingerprint density at radius 1 is 0.511 bits per heavy atom. The maximum absolute atomic E-state index is 15.2. The summed E-state index contributed by atoms with van der Waals surface area (Å²) in [5, 5.41) is 23.1. The van der Waals surface area contributed by atoms with Gasteiger partial charge in [-0.2, -0.15) is 0 Å². The highest BCUT2D eigenvalue weighted by atomic mass is 19.1. The smallest absolute Gasteiger partial charge is 0.305 e. The molecule has 0 spiro atoms. The molecule has 0 unspecified atom stereocenters. The van der Waals surface area contributed by atoms with E-state index in [1.54, 1.807) is 41.5 Å². The summed E-state index contributed by atoms with van der Waals surface area (Å²) < 4.78 is 17.7. The van der Waals surface area contributed by atoms with Crippen molar-refractivity contribution >= 4 is 70.9 Å². The van der Waals surface area contributed by atoms with Crippen LogP contribution in [0, 0.1) is 41.4 Å². The number of esters is 1. The van der Waals surface area contributed by atoms with Crippen LogP contribution >= 0.6 is 0 Å². The van der Waals surface area contributed by atoms with Gasteiger partial charge in [-0.25, -0.2) is 4.39 Å². The molecule has 0 bridgehead atoms. The van der Waals surface area contributed by atoms with Crippen LogP contribution in [0.5, 0.6) is 0 Å². The third kappa shape index (κ3) is 23.6. The quantitative estimate of drug-likeness (QED) is 0.116. The minimum Gasteiger partial charge on any atom is -0.463 e. The first-order chi connectivity index (χ1) is 41.6. The predicted molar refractivity (Wildman–Crippen MR) is 340 cm³/mol. The molecule has 25 nitrogen and oxygen atoms in total. The Hall–Kier alpha value is -6.47. The number of hydrogen-bond donors (Lipinski definition) is 5. The van der Waals surface area contributed by atoms with E-state index in [2.05, 4.69) is 21.3 Å². The number of amides is 11. The van der Waals surface area contributed by atoms with E-state index in [1.807, 2.05) is 55.4 Å². The first-order valence-electron chi connectivity index (χ1n) is 32.1. The first kappa shape index (κ1) is 81.5. The van der Waals surface area contributed by atoms with E-state index in [0.717, 1.165) is 9.80 Å². The van der Waals surface area contributed by atoms with E-state index in [-0.39, 0.29) is 75.0 Å². The molecule has 5 N–H and O–H groups in total. The summed E-state index contributed by atoms with van der Waals surface area (Å²) in [6.45, 7) is 25.7. The van der Waals surface area contributed by atoms with Crippen LogP contribution < -0.4 is 21.3 Å². The molecule has 1 aliphatic rings. The van der Waals surface area contributed by atoms with Crippen LogP contribution in [0.2, 0.25) is 0 Å². The van der Waals surface area contributed by atoms with Crippen molar-refractivity contribution in [3.8, 4) is 0 Å². The number of rotatable bonds is 19. The number of alkyl halides is 1. The van der Waals surface area contributed by atoms with E-state index in [0.29, 0.717) is 0 Å². The van der Waals surface area contributed by atoms with Crippen molar-refractivity contribution in [1.82, 2.24) is 55.6 Å². The number of ether oxygens (including phenoxy) is 1. The molecule has 12 atom stereocenters. The Bertz CT molecular complexity index is 2440. The highest BCUT2D eigenvalue weighted by Gasteiger charge is 2.46. The Morgan fingerprint density at radius 2 is 0.944 bits per heavy atom. The molecule has 1 rings (SSSR count). The Balaban J connectivity index is 4.34. The van der Waals surface area contributed by atoms with E-state index in [9.17, 15) is 52.6 Å². The van der Waals surface area contributed by atoms with Gasteiger partial charge in [-0.1, -0.05) is 96.9 Å². The van der Waals surface area contributed by atoms with Gasteiger partial charge < -0.3 is 65.4 Å². The highest BCUT2D eigenvalue weighted by Crippen LogP contribution is 2.26. The molecule has 0 saturated carbocycles. The number of nitrogens with zero attached hydrogens (tertiary/aromatic N) is 7. The monoisotopic (exact) mass is 1280 g/mol. The summed E-state index contributed by atoms with van der Waals surface area (Å²) in [4.78, 5) is 181. The Morgan fingerprint density at radius 3 is 1.41 bits per heavy atom. The molecule has 0 aliphatic carbocycles. The summed E-state index contributed by atoms with van der Waals surface area (Å²) >= 11 is 0. The van der Waals surface area contributed by atoms with Gasteiger partial charge in [-0.15, -0.1) is 0 Å². The summed E-state index contributed by atoms with van der Waals surface area (Å²) in [5.41, 5.74) is 0. The maximum atomic E-state index is 15.2. The lowest BCUT2D eigenvalue weighted by Gasteiger charge is -2.41. The Kier molecular flexibility index (Phi) is 34.2. The number of aliphatic hydroxyl groups is 1. The molecule has 0 aromatic carbocycles. The maximum Gasteiger partial charge on any atom is 0.305 e. The zero-order valence-electron chi connectivity index (χ0n) is 58.4. The van der Waals surface area contributed by atoms with Gasteiger partial charge in [0.1, 0.15) is 73.7 Å². The number of carbonyl (C=O) groups excluding carboxylic acids is 12. The fourth-order valence-electron chi connectivity index (χ4n) is 11.2. The molecule has 90 heavy (non-hydrogen) atoms. The second-order valence-corrected chi connectivity index (χ2v) is 27.1. The van der Waals surface area contributed by atoms with Gasteiger partial charge in [0.15, 0.2) is 0 Å². The molecule has 516 valence electrons. The van der Waals surface area contributed by atoms with E-state index >= 15 is 14.4 Å². The second kappa shape index (κ2) is 37.8. The third-order valence-corrected chi connectivity index (χ3v) is 16.7. The number of carbonyl (C=O) groups is 12. The molecular weight excluding hydrogens is 1170 g/mol. The normalized spacial score (nSPS) is 25.9. The fraction of sp³-hybridized carbons (Fsp3) is 0.812. The van der Waals surface area contributed by atoms with Crippen molar-refractivity contribution in [2.75, 3.05) is 69.2 Å². The summed E-state index contributed by atoms with van der Waals surface area (Å²) in [6, 6.07) is -12.9. The van der Waals surface area contributed by atoms with E-state index < -0.39 is 175 Å². The summed E-state index contributed by atoms with van der Waals surface area (Å²) in [7, 11) is 9.66. The second-order valence-electron chi connectivity index (χ2n) is 27.1. The van der Waals surface area contributed by atoms with Crippen molar-refractivity contribution in [3.05, 3.63) is 0 Å². The predicted octanol–water partition coefficient (Wildman–Crippen LogP) is 2.99. The van der Waals surface area contributed by atoms with Gasteiger partial charge in [0.05, 0.1) is 12.6 Å². The Labute approximate surface area is 535 Å². The molecule has 0 aromatic rings. The average molecular weight is 1280 g/mol. The van der Waals surface area contributed by atoms with Crippen molar-refractivity contribution < 1.29 is 71.8 Å². The van der Waals surface area contributed by atoms with E-state index in [1.165, 1.54) is 87.7 Å². The van der Waals surface area contributed by atoms with Crippen molar-refractivity contribution in [3.63, 3.8) is 0 Å². The number of aliphatic hydroxyl groups excluding tert-OH is 1. The van der Waals surface area contributed by atoms with Crippen LogP contribution in [-0.2, 0) is 62.3 Å². The van der Waals surface area contributed by atoms with Crippen LogP contribution in [0.15, 0.2) is 0 Å². The summed E-state index contributed by atoms with van der Waals surface area (Å²) in [6.07, 6.45) is -1.13. The van der Waals surface area contributed by atoms with Gasteiger partial charge >= 0.3 is 5.97 Å². The lowest BCUT2D eigenvalue weighted by molar-refractivity contribution is -0.157. The molecule has 0 aromatic heterocycles. The largest absolute Gasteiger partial charge is 0.463 e. The standard InChI is InChI=1S/C64H114FN11O14/c1-24-44-60(85)70(17)34-49(77)71(18)45(30-35(2)3)57(82)69-51(39(10)11)63(88)72(19)46(31-36(4)5)56(81)66-42(15)55(80)67-43(16)59(84)73(20)47(32-37(6)7)61(86)74(21)48(33-38(8)9)62(87)75(22)52(40(12)13)64(89)76(23)53(58(83)68-44)54(79)41(14)26-25-27-50(78)90-29-28-65/h35-48,51-54,79H,24-34H2,1-23H3,(H,66,81)(H,67,80)(H,68,83)(H,69,82)/t41-,42+,43-,44+,45+,46-,47+,48-,51+,52+,53+,54-/m1/s1. The lowest BCUT2D eigenvalue weighted by Crippen LogP contribution is -2.63. The van der Waals surface area contributed by atoms with Gasteiger partial charge in [0.25, 0.3) is 0 Å². The zero-order valence-corrected chi connectivity index (χ0v) is 58.4. The van der Waals surface area contributed by atoms with Crippen LogP contribution in [-0.4, -0.2) is 246 Å². The van der Waals surface area contributed by atoms with Crippen molar-refractivity contribution in [2.24, 2.45) is 41.4 Å². The highest BCUT2D eigenvalue weighted by molar-refractivity contribution is 5.99. The molecule has 1 heterocycles. The van der Waals surface area contributed by atoms with Gasteiger partial charge in [-0.05, 0) is 100 Å². The van der Waals surface area contributed by atoms with Crippen LogP contribution in [0.25, 0.3) is 0 Å². The van der Waals surface area contributed by atoms with Crippen LogP contribution in [0.3, 0.4) is 0 Å². The molecule has 1 aliphatic heterocycles. The van der Waals surface area contributed by atoms with E-state index in [4.69, 9.17) is 4.74 Å². The fourth-order valence-corrected chi connectivity index (χ4v) is 11.2. The van der Waals surface area contributed by atoms with Gasteiger partial charge in [-0.3, -0.25) is 57.5 Å². The molecule has 1 saturated heterocycles. The summed E-state index contributed by atoms with van der Waals surface area (Å²) in [5.74, 6) is -11.3. The molecular formula is C64H114FN11O14.